The number of halogens is 3. The Morgan fingerprint density at radius 2 is 2.07 bits per heavy atom. The van der Waals surface area contributed by atoms with E-state index in [1.165, 1.54) is 12.8 Å². The number of aliphatic carboxylic acids is 1. The van der Waals surface area contributed by atoms with Crippen LogP contribution in [0.5, 0.6) is 0 Å². The second-order valence-corrected chi connectivity index (χ2v) is 6.45. The predicted octanol–water partition coefficient (Wildman–Crippen LogP) is 3.51. The van der Waals surface area contributed by atoms with Crippen LogP contribution in [0.4, 0.5) is 13.2 Å². The number of nitrogens with zero attached hydrogens (tertiary/aromatic N) is 3. The summed E-state index contributed by atoms with van der Waals surface area (Å²) in [6.07, 6.45) is 2.97. The number of amides is 1. The first kappa shape index (κ1) is 20.7. The van der Waals surface area contributed by atoms with Gasteiger partial charge >= 0.3 is 12.1 Å². The van der Waals surface area contributed by atoms with E-state index < -0.39 is 12.1 Å². The summed E-state index contributed by atoms with van der Waals surface area (Å²) in [5, 5.41) is 7.12. The quantitative estimate of drug-likeness (QED) is 0.874. The lowest BCUT2D eigenvalue weighted by molar-refractivity contribution is -0.192. The summed E-state index contributed by atoms with van der Waals surface area (Å²) in [5.74, 6) is -1.81. The fourth-order valence-corrected chi connectivity index (χ4v) is 3.08. The van der Waals surface area contributed by atoms with Crippen molar-refractivity contribution in [3.05, 3.63) is 36.3 Å². The maximum Gasteiger partial charge on any atom is 0.490 e. The largest absolute Gasteiger partial charge is 0.490 e. The van der Waals surface area contributed by atoms with Gasteiger partial charge in [-0.25, -0.2) is 9.78 Å². The molecule has 3 heterocycles. The lowest BCUT2D eigenvalue weighted by Gasteiger charge is -2.32. The summed E-state index contributed by atoms with van der Waals surface area (Å²) < 4.78 is 33.8. The number of carbonyl (C=O) groups excluding carboxylic acids is 1. The summed E-state index contributed by atoms with van der Waals surface area (Å²) in [6, 6.07) is 5.97. The van der Waals surface area contributed by atoms with Crippen LogP contribution in [-0.2, 0) is 16.1 Å². The molecule has 0 bridgehead atoms. The number of piperidine rings is 1. The van der Waals surface area contributed by atoms with E-state index in [4.69, 9.17) is 9.90 Å². The van der Waals surface area contributed by atoms with Crippen LogP contribution in [0, 0.1) is 5.92 Å². The molecule has 1 aliphatic heterocycles. The zero-order chi connectivity index (χ0) is 20.0. The molecule has 148 valence electrons. The summed E-state index contributed by atoms with van der Waals surface area (Å²) in [6.45, 7) is 3.78. The van der Waals surface area contributed by atoms with Gasteiger partial charge in [0.25, 0.3) is 0 Å². The Kier molecular flexibility index (Phi) is 6.81. The van der Waals surface area contributed by atoms with Crippen molar-refractivity contribution >= 4 is 17.5 Å². The molecule has 0 saturated carbocycles. The second kappa shape index (κ2) is 8.88. The van der Waals surface area contributed by atoms with Crippen molar-refractivity contribution < 1.29 is 27.9 Å². The van der Waals surface area contributed by atoms with Gasteiger partial charge in [-0.3, -0.25) is 4.79 Å². The van der Waals surface area contributed by atoms with E-state index in [-0.39, 0.29) is 5.91 Å². The molecule has 0 radical (unpaired) electrons. The fraction of sp³-hybridized carbons (Fsp3) is 0.500. The number of imidazole rings is 1. The van der Waals surface area contributed by atoms with Gasteiger partial charge in [-0.1, -0.05) is 19.4 Å². The number of pyridine rings is 1. The molecule has 1 aliphatic rings. The van der Waals surface area contributed by atoms with Gasteiger partial charge in [-0.15, -0.1) is 0 Å². The van der Waals surface area contributed by atoms with Gasteiger partial charge < -0.3 is 14.4 Å². The van der Waals surface area contributed by atoms with Crippen molar-refractivity contribution in [2.45, 2.75) is 45.3 Å². The molecule has 2 aromatic heterocycles. The standard InChI is InChI=1S/C16H21N3O.C2HF3O2/c1-2-5-13-7-8-16(20)18(11-13)12-14-10-17-15-6-3-4-9-19(14)15;3-2(4,5)1(6)7/h3-4,6,9-10,13H,2,5,7-8,11-12H2,1H3;(H,6,7). The Morgan fingerprint density at radius 1 is 1.37 bits per heavy atom. The van der Waals surface area contributed by atoms with Gasteiger partial charge in [-0.05, 0) is 30.9 Å². The maximum atomic E-state index is 12.1. The van der Waals surface area contributed by atoms with Gasteiger partial charge in [0.15, 0.2) is 0 Å². The summed E-state index contributed by atoms with van der Waals surface area (Å²) in [7, 11) is 0. The van der Waals surface area contributed by atoms with Crippen LogP contribution in [-0.4, -0.2) is 44.0 Å². The highest BCUT2D eigenvalue weighted by Gasteiger charge is 2.38. The number of aromatic nitrogens is 2. The van der Waals surface area contributed by atoms with Crippen LogP contribution in [0.2, 0.25) is 0 Å². The van der Waals surface area contributed by atoms with Crippen LogP contribution >= 0.6 is 0 Å². The van der Waals surface area contributed by atoms with E-state index in [1.54, 1.807) is 0 Å². The molecule has 6 nitrogen and oxygen atoms in total. The first-order valence-corrected chi connectivity index (χ1v) is 8.71. The first-order chi connectivity index (χ1) is 12.7. The Balaban J connectivity index is 0.000000321. The zero-order valence-electron chi connectivity index (χ0n) is 14.9. The van der Waals surface area contributed by atoms with Crippen molar-refractivity contribution in [1.29, 1.82) is 0 Å². The molecule has 1 unspecified atom stereocenters. The van der Waals surface area contributed by atoms with E-state index >= 15 is 0 Å². The van der Waals surface area contributed by atoms with Gasteiger partial charge in [0.2, 0.25) is 5.91 Å². The molecule has 1 saturated heterocycles. The average Bonchev–Trinajstić information content (AvgIpc) is 3.01. The van der Waals surface area contributed by atoms with Crippen molar-refractivity contribution in [2.75, 3.05) is 6.54 Å². The minimum absolute atomic E-state index is 0.281. The van der Waals surface area contributed by atoms with Crippen LogP contribution in [0.15, 0.2) is 30.6 Å². The molecule has 9 heteroatoms. The number of hydrogen-bond acceptors (Lipinski definition) is 3. The molecule has 1 atom stereocenters. The highest BCUT2D eigenvalue weighted by molar-refractivity contribution is 5.77. The molecule has 27 heavy (non-hydrogen) atoms. The van der Waals surface area contributed by atoms with E-state index in [0.717, 1.165) is 24.3 Å². The minimum atomic E-state index is -5.08. The van der Waals surface area contributed by atoms with Crippen molar-refractivity contribution in [3.63, 3.8) is 0 Å². The number of carboxylic acid groups (broad SMARTS) is 1. The maximum absolute atomic E-state index is 12.1. The minimum Gasteiger partial charge on any atom is -0.475 e. The highest BCUT2D eigenvalue weighted by Crippen LogP contribution is 2.23. The molecule has 1 N–H and O–H groups in total. The van der Waals surface area contributed by atoms with Gasteiger partial charge in [0.1, 0.15) is 5.65 Å². The van der Waals surface area contributed by atoms with Gasteiger partial charge in [-0.2, -0.15) is 13.2 Å². The van der Waals surface area contributed by atoms with Gasteiger partial charge in [0.05, 0.1) is 18.4 Å². The van der Waals surface area contributed by atoms with E-state index in [2.05, 4.69) is 16.3 Å². The molecule has 0 spiro atoms. The summed E-state index contributed by atoms with van der Waals surface area (Å²) in [5.41, 5.74) is 2.03. The second-order valence-electron chi connectivity index (χ2n) is 6.45. The van der Waals surface area contributed by atoms with Crippen LogP contribution in [0.1, 0.15) is 38.3 Å². The zero-order valence-corrected chi connectivity index (χ0v) is 14.9. The van der Waals surface area contributed by atoms with Crippen LogP contribution in [0.25, 0.3) is 5.65 Å². The molecule has 1 amide bonds. The third-order valence-corrected chi connectivity index (χ3v) is 4.38. The monoisotopic (exact) mass is 385 g/mol. The fourth-order valence-electron chi connectivity index (χ4n) is 3.08. The number of rotatable bonds is 4. The first-order valence-electron chi connectivity index (χ1n) is 8.71. The normalized spacial score (nSPS) is 17.6. The molecule has 0 aliphatic carbocycles. The number of alkyl halides is 3. The van der Waals surface area contributed by atoms with E-state index in [9.17, 15) is 18.0 Å². The van der Waals surface area contributed by atoms with Crippen LogP contribution < -0.4 is 0 Å². The molecular formula is C18H22F3N3O3. The summed E-state index contributed by atoms with van der Waals surface area (Å²) >= 11 is 0. The SMILES string of the molecule is CCCC1CCC(=O)N(Cc2cnc3ccccn23)C1.O=C(O)C(F)(F)F. The number of fused-ring (bicyclic) bond motifs is 1. The third kappa shape index (κ3) is 5.70. The topological polar surface area (TPSA) is 74.9 Å². The van der Waals surface area contributed by atoms with Crippen molar-refractivity contribution in [3.8, 4) is 0 Å². The predicted molar refractivity (Wildman–Crippen MR) is 91.9 cm³/mol. The van der Waals surface area contributed by atoms with Crippen molar-refractivity contribution in [1.82, 2.24) is 14.3 Å². The number of carbonyl (C=O) groups is 2. The van der Waals surface area contributed by atoms with Crippen LogP contribution in [0.3, 0.4) is 0 Å². The third-order valence-electron chi connectivity index (χ3n) is 4.38. The molecule has 1 fully saturated rings. The molecule has 0 aromatic carbocycles. The Bertz CT molecular complexity index is 789. The Labute approximate surface area is 154 Å². The smallest absolute Gasteiger partial charge is 0.475 e. The molecule has 3 rings (SSSR count). The highest BCUT2D eigenvalue weighted by atomic mass is 19.4. The van der Waals surface area contributed by atoms with E-state index in [0.29, 0.717) is 18.9 Å². The number of hydrogen-bond donors (Lipinski definition) is 1. The van der Waals surface area contributed by atoms with E-state index in [1.807, 2.05) is 35.5 Å². The Hall–Kier alpha value is -2.58. The van der Waals surface area contributed by atoms with Crippen molar-refractivity contribution in [2.24, 2.45) is 5.92 Å². The lowest BCUT2D eigenvalue weighted by atomic mass is 9.93. The Morgan fingerprint density at radius 3 is 2.70 bits per heavy atom. The number of likely N-dealkylation sites (tertiary alicyclic amines) is 1. The average molecular weight is 385 g/mol. The van der Waals surface area contributed by atoms with Gasteiger partial charge in [0, 0.05) is 19.2 Å². The lowest BCUT2D eigenvalue weighted by Crippen LogP contribution is -2.39. The molecular weight excluding hydrogens is 363 g/mol. The molecule has 2 aromatic rings. The summed E-state index contributed by atoms with van der Waals surface area (Å²) in [4.78, 5) is 27.4. The number of carboxylic acids is 1.